The number of hydrogen-bond donors (Lipinski definition) is 3. The quantitative estimate of drug-likeness (QED) is 0.657. The van der Waals surface area contributed by atoms with E-state index in [1.807, 2.05) is 35.3 Å². The molecule has 5 heteroatoms. The lowest BCUT2D eigenvalue weighted by molar-refractivity contribution is 0.912. The first-order valence-corrected chi connectivity index (χ1v) is 4.61. The molecule has 0 aliphatic carbocycles. The highest BCUT2D eigenvalue weighted by atomic mass is 15.4. The molecule has 0 atom stereocenters. The smallest absolute Gasteiger partial charge is 0.125 e. The van der Waals surface area contributed by atoms with Gasteiger partial charge in [0.1, 0.15) is 11.6 Å². The highest BCUT2D eigenvalue weighted by Crippen LogP contribution is 2.24. The van der Waals surface area contributed by atoms with E-state index < -0.39 is 0 Å². The number of fused-ring (bicyclic) bond motifs is 1. The lowest BCUT2D eigenvalue weighted by Gasteiger charge is -2.06. The van der Waals surface area contributed by atoms with Crippen LogP contribution in [0.5, 0.6) is 0 Å². The molecule has 0 spiro atoms. The molecular formula is C9H15N5. The van der Waals surface area contributed by atoms with E-state index in [2.05, 4.69) is 5.43 Å². The number of anilines is 2. The molecule has 0 saturated carbocycles. The van der Waals surface area contributed by atoms with Gasteiger partial charge in [-0.2, -0.15) is 0 Å². The Labute approximate surface area is 82.2 Å². The fraction of sp³-hybridized carbons (Fsp3) is 0.333. The minimum absolute atomic E-state index is 0.701. The van der Waals surface area contributed by atoms with Gasteiger partial charge < -0.3 is 21.5 Å². The van der Waals surface area contributed by atoms with Gasteiger partial charge in [0.2, 0.25) is 0 Å². The maximum Gasteiger partial charge on any atom is 0.125 e. The lowest BCUT2D eigenvalue weighted by atomic mass is 10.5. The van der Waals surface area contributed by atoms with Gasteiger partial charge in [-0.1, -0.05) is 0 Å². The average molecular weight is 193 g/mol. The Balaban J connectivity index is 2.69. The molecule has 76 valence electrons. The minimum atomic E-state index is 0.701. The summed E-state index contributed by atoms with van der Waals surface area (Å²) in [6.45, 7) is 2.85. The topological polar surface area (TPSA) is 73.9 Å². The van der Waals surface area contributed by atoms with Gasteiger partial charge in [-0.25, -0.2) is 4.68 Å². The molecule has 5 nitrogen and oxygen atoms in total. The summed E-state index contributed by atoms with van der Waals surface area (Å²) in [7, 11) is 1.92. The van der Waals surface area contributed by atoms with Crippen LogP contribution in [0.15, 0.2) is 12.1 Å². The molecule has 0 unspecified atom stereocenters. The molecule has 0 fully saturated rings. The second-order valence-electron chi connectivity index (χ2n) is 3.31. The zero-order valence-electron chi connectivity index (χ0n) is 8.41. The largest absolute Gasteiger partial charge is 0.385 e. The Morgan fingerprint density at radius 2 is 1.86 bits per heavy atom. The molecule has 0 aliphatic heterocycles. The van der Waals surface area contributed by atoms with E-state index in [1.54, 1.807) is 0 Å². The Hall–Kier alpha value is -1.78. The third-order valence-electron chi connectivity index (χ3n) is 2.40. The van der Waals surface area contributed by atoms with Gasteiger partial charge >= 0.3 is 0 Å². The van der Waals surface area contributed by atoms with Crippen molar-refractivity contribution in [3.63, 3.8) is 0 Å². The van der Waals surface area contributed by atoms with Crippen LogP contribution in [0.2, 0.25) is 0 Å². The van der Waals surface area contributed by atoms with Crippen molar-refractivity contribution < 1.29 is 0 Å². The van der Waals surface area contributed by atoms with Gasteiger partial charge in [-0.15, -0.1) is 0 Å². The van der Waals surface area contributed by atoms with E-state index in [9.17, 15) is 0 Å². The molecule has 2 aromatic rings. The molecule has 2 heterocycles. The van der Waals surface area contributed by atoms with Gasteiger partial charge in [-0.05, 0) is 6.92 Å². The molecule has 0 aromatic carbocycles. The van der Waals surface area contributed by atoms with Crippen molar-refractivity contribution in [2.24, 2.45) is 7.05 Å². The van der Waals surface area contributed by atoms with Crippen molar-refractivity contribution in [1.29, 1.82) is 0 Å². The van der Waals surface area contributed by atoms with Crippen LogP contribution in [0.4, 0.5) is 11.6 Å². The first-order valence-electron chi connectivity index (χ1n) is 4.61. The van der Waals surface area contributed by atoms with E-state index >= 15 is 0 Å². The Morgan fingerprint density at radius 3 is 2.50 bits per heavy atom. The molecular weight excluding hydrogens is 178 g/mol. The van der Waals surface area contributed by atoms with Crippen molar-refractivity contribution >= 4 is 22.7 Å². The number of aromatic nitrogens is 2. The zero-order valence-corrected chi connectivity index (χ0v) is 8.41. The fourth-order valence-corrected chi connectivity index (χ4v) is 1.65. The Kier molecular flexibility index (Phi) is 1.80. The summed E-state index contributed by atoms with van der Waals surface area (Å²) in [6.07, 6.45) is 0. The van der Waals surface area contributed by atoms with Gasteiger partial charge in [-0.3, -0.25) is 0 Å². The molecule has 0 bridgehead atoms. The summed E-state index contributed by atoms with van der Waals surface area (Å²) in [5.41, 5.74) is 16.9. The molecule has 0 amide bonds. The van der Waals surface area contributed by atoms with Gasteiger partial charge in [0, 0.05) is 25.7 Å². The van der Waals surface area contributed by atoms with Gasteiger partial charge in [0.25, 0.3) is 0 Å². The summed E-state index contributed by atoms with van der Waals surface area (Å²) in [5.74, 6) is 1.44. The summed E-state index contributed by atoms with van der Waals surface area (Å²) < 4.78 is 3.77. The normalized spacial score (nSPS) is 11.0. The maximum absolute atomic E-state index is 5.85. The lowest BCUT2D eigenvalue weighted by Crippen LogP contribution is -2.15. The first kappa shape index (κ1) is 8.80. The van der Waals surface area contributed by atoms with Crippen LogP contribution in [-0.4, -0.2) is 15.8 Å². The second-order valence-corrected chi connectivity index (χ2v) is 3.31. The van der Waals surface area contributed by atoms with Crippen LogP contribution in [0, 0.1) is 0 Å². The van der Waals surface area contributed by atoms with Gasteiger partial charge in [0.15, 0.2) is 0 Å². The number of nitrogens with one attached hydrogen (secondary N) is 1. The van der Waals surface area contributed by atoms with E-state index in [-0.39, 0.29) is 0 Å². The van der Waals surface area contributed by atoms with Crippen molar-refractivity contribution in [3.05, 3.63) is 12.1 Å². The SMILES string of the molecule is CCNn1c(N)cc2c1cc(N)n2C. The van der Waals surface area contributed by atoms with Crippen molar-refractivity contribution in [3.8, 4) is 0 Å². The summed E-state index contributed by atoms with van der Waals surface area (Å²) in [4.78, 5) is 0. The van der Waals surface area contributed by atoms with Crippen LogP contribution < -0.4 is 16.9 Å². The molecule has 5 N–H and O–H groups in total. The molecule has 0 aliphatic rings. The van der Waals surface area contributed by atoms with Crippen molar-refractivity contribution in [2.45, 2.75) is 6.92 Å². The van der Waals surface area contributed by atoms with Crippen LogP contribution in [-0.2, 0) is 7.05 Å². The number of rotatable bonds is 2. The summed E-state index contributed by atoms with van der Waals surface area (Å²) in [5, 5.41) is 0. The monoisotopic (exact) mass is 193 g/mol. The highest BCUT2D eigenvalue weighted by Gasteiger charge is 2.10. The zero-order chi connectivity index (χ0) is 10.3. The molecule has 14 heavy (non-hydrogen) atoms. The maximum atomic E-state index is 5.85. The standard InChI is InChI=1S/C9H15N5/c1-3-12-14-7-5-8(10)13(2)6(7)4-9(14)11/h4-5,12H,3,10-11H2,1-2H3. The third kappa shape index (κ3) is 1.02. The van der Waals surface area contributed by atoms with Crippen LogP contribution in [0.1, 0.15) is 6.92 Å². The van der Waals surface area contributed by atoms with Crippen LogP contribution in [0.3, 0.4) is 0 Å². The van der Waals surface area contributed by atoms with Gasteiger partial charge in [0.05, 0.1) is 11.0 Å². The number of nitrogens with zero attached hydrogens (tertiary/aromatic N) is 2. The third-order valence-corrected chi connectivity index (χ3v) is 2.40. The van der Waals surface area contributed by atoms with E-state index in [1.165, 1.54) is 0 Å². The molecule has 2 rings (SSSR count). The van der Waals surface area contributed by atoms with E-state index in [0.717, 1.165) is 23.4 Å². The Bertz CT molecular complexity index is 465. The molecule has 0 saturated heterocycles. The molecule has 2 aromatic heterocycles. The summed E-state index contributed by atoms with van der Waals surface area (Å²) >= 11 is 0. The van der Waals surface area contributed by atoms with E-state index in [0.29, 0.717) is 5.82 Å². The number of aryl methyl sites for hydroxylation is 1. The second kappa shape index (κ2) is 2.87. The minimum Gasteiger partial charge on any atom is -0.385 e. The Morgan fingerprint density at radius 1 is 1.21 bits per heavy atom. The number of nitrogen functional groups attached to an aromatic ring is 2. The van der Waals surface area contributed by atoms with Crippen molar-refractivity contribution in [2.75, 3.05) is 23.4 Å². The highest BCUT2D eigenvalue weighted by molar-refractivity contribution is 5.86. The average Bonchev–Trinajstić information content (AvgIpc) is 2.57. The van der Waals surface area contributed by atoms with Crippen molar-refractivity contribution in [1.82, 2.24) is 9.24 Å². The fourth-order valence-electron chi connectivity index (χ4n) is 1.65. The molecule has 0 radical (unpaired) electrons. The first-order chi connectivity index (χ1) is 6.65. The summed E-state index contributed by atoms with van der Waals surface area (Å²) in [6, 6.07) is 3.82. The van der Waals surface area contributed by atoms with Crippen LogP contribution >= 0.6 is 0 Å². The predicted molar refractivity (Wildman–Crippen MR) is 59.6 cm³/mol. The number of hydrogen-bond acceptors (Lipinski definition) is 3. The van der Waals surface area contributed by atoms with E-state index in [4.69, 9.17) is 11.5 Å². The predicted octanol–water partition coefficient (Wildman–Crippen LogP) is 0.708. The van der Waals surface area contributed by atoms with Crippen LogP contribution in [0.25, 0.3) is 11.0 Å². The number of nitrogens with two attached hydrogens (primary N) is 2.